The number of nitrogens with zero attached hydrogens (tertiary/aromatic N) is 1. The van der Waals surface area contributed by atoms with Gasteiger partial charge in [-0.05, 0) is 0 Å². The first kappa shape index (κ1) is 20.3. The van der Waals surface area contributed by atoms with Crippen LogP contribution < -0.4 is 0 Å². The van der Waals surface area contributed by atoms with E-state index in [9.17, 15) is 0 Å². The SMILES string of the molecule is [Li][CH]1C=CC1N(CCCCCCCC)CCCCCCCC. The summed E-state index contributed by atoms with van der Waals surface area (Å²) in [5.41, 5.74) is 0. The van der Waals surface area contributed by atoms with Crippen LogP contribution in [-0.2, 0) is 0 Å². The molecule has 124 valence electrons. The normalized spacial score (nSPS) is 20.6. The van der Waals surface area contributed by atoms with Crippen LogP contribution in [0.25, 0.3) is 0 Å². The molecule has 0 aromatic heterocycles. The van der Waals surface area contributed by atoms with Gasteiger partial charge in [0.2, 0.25) is 0 Å². The first-order valence-electron chi connectivity index (χ1n) is 10.2. The quantitative estimate of drug-likeness (QED) is 0.206. The number of rotatable bonds is 15. The molecule has 0 heterocycles. The van der Waals surface area contributed by atoms with Crippen LogP contribution in [0.5, 0.6) is 0 Å². The van der Waals surface area contributed by atoms with Gasteiger partial charge in [0.1, 0.15) is 0 Å². The van der Waals surface area contributed by atoms with Gasteiger partial charge < -0.3 is 0 Å². The molecule has 22 heavy (non-hydrogen) atoms. The van der Waals surface area contributed by atoms with E-state index in [-0.39, 0.29) is 0 Å². The third-order valence-corrected chi connectivity index (χ3v) is 5.17. The summed E-state index contributed by atoms with van der Waals surface area (Å²) >= 11 is 2.38. The predicted molar refractivity (Wildman–Crippen MR) is 101 cm³/mol. The maximum atomic E-state index is 2.77. The van der Waals surface area contributed by atoms with Crippen molar-refractivity contribution in [3.8, 4) is 0 Å². The Morgan fingerprint density at radius 1 is 0.682 bits per heavy atom. The first-order valence-corrected chi connectivity index (χ1v) is 10.2. The summed E-state index contributed by atoms with van der Waals surface area (Å²) in [5, 5.41) is 0. The van der Waals surface area contributed by atoms with Gasteiger partial charge in [0, 0.05) is 0 Å². The molecular weight excluding hydrogens is 261 g/mol. The Bertz CT molecular complexity index is 261. The van der Waals surface area contributed by atoms with E-state index < -0.39 is 0 Å². The Labute approximate surface area is 149 Å². The Hall–Kier alpha value is 0.297. The van der Waals surface area contributed by atoms with Crippen LogP contribution >= 0.6 is 0 Å². The average molecular weight is 299 g/mol. The molecule has 1 rings (SSSR count). The molecule has 0 aromatic rings. The Kier molecular flexibility index (Phi) is 12.7. The van der Waals surface area contributed by atoms with E-state index in [2.05, 4.69) is 48.6 Å². The second kappa shape index (κ2) is 13.7. The fourth-order valence-corrected chi connectivity index (χ4v) is 3.49. The summed E-state index contributed by atoms with van der Waals surface area (Å²) in [7, 11) is 0. The van der Waals surface area contributed by atoms with Crippen molar-refractivity contribution >= 4 is 17.7 Å². The van der Waals surface area contributed by atoms with E-state index in [1.165, 1.54) is 90.1 Å². The van der Waals surface area contributed by atoms with Gasteiger partial charge in [-0.15, -0.1) is 0 Å². The Morgan fingerprint density at radius 2 is 1.14 bits per heavy atom. The standard InChI is InChI=1S/C20H38N.Li/c1-3-5-7-9-11-13-18-21(20-16-15-17-20)19-14-12-10-8-6-4-2;/h15-17,20H,3-14,18-19H2,1-2H3;. The summed E-state index contributed by atoms with van der Waals surface area (Å²) in [5.74, 6) is 0. The molecule has 0 bridgehead atoms. The molecule has 0 aromatic carbocycles. The maximum absolute atomic E-state index is 2.77. The van der Waals surface area contributed by atoms with Crippen LogP contribution in [0, 0.1) is 0 Å². The summed E-state index contributed by atoms with van der Waals surface area (Å²) in [4.78, 5) is 2.77. The summed E-state index contributed by atoms with van der Waals surface area (Å²) < 4.78 is 0.778. The Morgan fingerprint density at radius 3 is 1.50 bits per heavy atom. The van der Waals surface area contributed by atoms with Crippen LogP contribution in [0.15, 0.2) is 12.2 Å². The van der Waals surface area contributed by atoms with Crippen LogP contribution in [0.1, 0.15) is 90.9 Å². The van der Waals surface area contributed by atoms with Crippen molar-refractivity contribution in [2.45, 2.75) is 102 Å². The van der Waals surface area contributed by atoms with E-state index in [4.69, 9.17) is 0 Å². The van der Waals surface area contributed by atoms with Crippen LogP contribution in [0.4, 0.5) is 0 Å². The van der Waals surface area contributed by atoms with E-state index >= 15 is 0 Å². The van der Waals surface area contributed by atoms with Gasteiger partial charge in [-0.2, -0.15) is 0 Å². The molecule has 0 amide bonds. The molecule has 2 unspecified atom stereocenters. The minimum absolute atomic E-state index is 0.742. The van der Waals surface area contributed by atoms with Crippen molar-refractivity contribution in [1.82, 2.24) is 4.90 Å². The summed E-state index contributed by atoms with van der Waals surface area (Å²) in [6.45, 7) is 7.24. The van der Waals surface area contributed by atoms with Crippen molar-refractivity contribution in [2.75, 3.05) is 13.1 Å². The van der Waals surface area contributed by atoms with Crippen molar-refractivity contribution in [3.63, 3.8) is 0 Å². The molecule has 0 fully saturated rings. The number of hydrogen-bond acceptors (Lipinski definition) is 1. The van der Waals surface area contributed by atoms with E-state index in [0.717, 1.165) is 10.6 Å². The molecule has 0 aliphatic heterocycles. The van der Waals surface area contributed by atoms with Gasteiger partial charge in [0.15, 0.2) is 0 Å². The molecule has 0 spiro atoms. The Balaban J connectivity index is 2.13. The predicted octanol–water partition coefficient (Wildman–Crippen LogP) is 5.90. The molecule has 2 atom stereocenters. The third kappa shape index (κ3) is 8.81. The molecular formula is C20H38LiN. The molecule has 2 heteroatoms. The minimum atomic E-state index is 0.742. The van der Waals surface area contributed by atoms with Crippen LogP contribution in [0.2, 0.25) is 4.59 Å². The van der Waals surface area contributed by atoms with Crippen molar-refractivity contribution < 1.29 is 0 Å². The third-order valence-electron chi connectivity index (χ3n) is 5.17. The van der Waals surface area contributed by atoms with E-state index in [1.54, 1.807) is 0 Å². The molecule has 1 aliphatic carbocycles. The second-order valence-electron chi connectivity index (χ2n) is 7.31. The van der Waals surface area contributed by atoms with Crippen molar-refractivity contribution in [2.24, 2.45) is 0 Å². The van der Waals surface area contributed by atoms with Crippen LogP contribution in [-0.4, -0.2) is 41.7 Å². The first-order chi connectivity index (χ1) is 10.8. The molecule has 0 N–H and O–H groups in total. The van der Waals surface area contributed by atoms with Gasteiger partial charge >= 0.3 is 149 Å². The van der Waals surface area contributed by atoms with Gasteiger partial charge in [0.25, 0.3) is 0 Å². The van der Waals surface area contributed by atoms with Gasteiger partial charge in [-0.1, -0.05) is 0 Å². The van der Waals surface area contributed by atoms with Gasteiger partial charge in [-0.3, -0.25) is 0 Å². The second-order valence-corrected chi connectivity index (χ2v) is 7.31. The molecule has 0 radical (unpaired) electrons. The summed E-state index contributed by atoms with van der Waals surface area (Å²) in [6, 6.07) is 0.742. The number of unbranched alkanes of at least 4 members (excludes halogenated alkanes) is 10. The zero-order valence-electron chi connectivity index (χ0n) is 15.7. The van der Waals surface area contributed by atoms with E-state index in [1.807, 2.05) is 0 Å². The van der Waals surface area contributed by atoms with Crippen molar-refractivity contribution in [1.29, 1.82) is 0 Å². The zero-order chi connectivity index (χ0) is 16.0. The van der Waals surface area contributed by atoms with Crippen molar-refractivity contribution in [3.05, 3.63) is 12.2 Å². The average Bonchev–Trinajstić information content (AvgIpc) is 2.52. The summed E-state index contributed by atoms with van der Waals surface area (Å²) in [6.07, 6.45) is 21.8. The van der Waals surface area contributed by atoms with Crippen LogP contribution in [0.3, 0.4) is 0 Å². The molecule has 0 saturated carbocycles. The zero-order valence-corrected chi connectivity index (χ0v) is 15.7. The topological polar surface area (TPSA) is 3.24 Å². The van der Waals surface area contributed by atoms with Gasteiger partial charge in [-0.25, -0.2) is 0 Å². The molecule has 1 nitrogen and oxygen atoms in total. The molecule has 0 saturated heterocycles. The fourth-order valence-electron chi connectivity index (χ4n) is 3.49. The molecule has 1 aliphatic rings. The monoisotopic (exact) mass is 299 g/mol. The number of hydrogen-bond donors (Lipinski definition) is 0. The fraction of sp³-hybridized carbons (Fsp3) is 0.900. The van der Waals surface area contributed by atoms with E-state index in [0.29, 0.717) is 0 Å². The van der Waals surface area contributed by atoms with Gasteiger partial charge in [0.05, 0.1) is 0 Å².